The smallest absolute Gasteiger partial charge is 0.0705 e. The molecule has 0 unspecified atom stereocenters. The van der Waals surface area contributed by atoms with E-state index in [0.29, 0.717) is 0 Å². The predicted molar refractivity (Wildman–Crippen MR) is 74.0 cm³/mol. The first-order valence-electron chi connectivity index (χ1n) is 5.18. The van der Waals surface area contributed by atoms with Gasteiger partial charge in [0, 0.05) is 22.8 Å². The van der Waals surface area contributed by atoms with Crippen LogP contribution in [0.3, 0.4) is 0 Å². The first kappa shape index (κ1) is 11.8. The van der Waals surface area contributed by atoms with Crippen LogP contribution in [0.5, 0.6) is 0 Å². The van der Waals surface area contributed by atoms with Crippen molar-refractivity contribution in [2.24, 2.45) is 0 Å². The molecule has 0 fully saturated rings. The van der Waals surface area contributed by atoms with E-state index in [1.165, 1.54) is 16.0 Å². The lowest BCUT2D eigenvalue weighted by atomic mass is 9.84. The minimum Gasteiger partial charge on any atom is -0.264 e. The van der Waals surface area contributed by atoms with E-state index in [9.17, 15) is 0 Å². The van der Waals surface area contributed by atoms with E-state index >= 15 is 0 Å². The molecule has 2 aromatic heterocycles. The van der Waals surface area contributed by atoms with Crippen LogP contribution < -0.4 is 0 Å². The van der Waals surface area contributed by atoms with Crippen molar-refractivity contribution in [3.63, 3.8) is 0 Å². The van der Waals surface area contributed by atoms with Gasteiger partial charge < -0.3 is 0 Å². The predicted octanol–water partition coefficient (Wildman–Crippen LogP) is 4.87. The first-order valence-corrected chi connectivity index (χ1v) is 6.79. The monoisotopic (exact) mass is 295 g/mol. The van der Waals surface area contributed by atoms with E-state index in [0.717, 1.165) is 3.79 Å². The number of nitrogens with zero attached hydrogens (tertiary/aromatic N) is 1. The van der Waals surface area contributed by atoms with Gasteiger partial charge in [0.05, 0.1) is 3.79 Å². The van der Waals surface area contributed by atoms with Gasteiger partial charge in [0.25, 0.3) is 0 Å². The van der Waals surface area contributed by atoms with Crippen LogP contribution in [-0.2, 0) is 5.41 Å². The van der Waals surface area contributed by atoms with E-state index in [-0.39, 0.29) is 5.41 Å². The summed E-state index contributed by atoms with van der Waals surface area (Å²) in [5.74, 6) is 0. The number of thiophene rings is 1. The van der Waals surface area contributed by atoms with E-state index in [4.69, 9.17) is 0 Å². The van der Waals surface area contributed by atoms with Crippen molar-refractivity contribution in [2.75, 3.05) is 0 Å². The fourth-order valence-corrected chi connectivity index (χ4v) is 3.11. The molecule has 0 N–H and O–H groups in total. The maximum Gasteiger partial charge on any atom is 0.0705 e. The number of halogens is 1. The molecule has 16 heavy (non-hydrogen) atoms. The highest BCUT2D eigenvalue weighted by atomic mass is 79.9. The molecule has 0 atom stereocenters. The molecular weight excluding hydrogens is 282 g/mol. The van der Waals surface area contributed by atoms with Gasteiger partial charge in [-0.15, -0.1) is 11.3 Å². The highest BCUT2D eigenvalue weighted by Crippen LogP contribution is 2.37. The summed E-state index contributed by atoms with van der Waals surface area (Å²) in [6.07, 6.45) is 3.82. The van der Waals surface area contributed by atoms with Crippen molar-refractivity contribution < 1.29 is 0 Å². The largest absolute Gasteiger partial charge is 0.264 e. The molecule has 0 aliphatic rings. The topological polar surface area (TPSA) is 12.9 Å². The molecule has 0 aromatic carbocycles. The molecular formula is C13H14BrNS. The second kappa shape index (κ2) is 4.30. The Labute approximate surface area is 109 Å². The lowest BCUT2D eigenvalue weighted by Gasteiger charge is -2.21. The Morgan fingerprint density at radius 1 is 1.19 bits per heavy atom. The van der Waals surface area contributed by atoms with E-state index in [2.05, 4.69) is 59.9 Å². The third-order valence-electron chi connectivity index (χ3n) is 2.47. The highest BCUT2D eigenvalue weighted by Gasteiger charge is 2.19. The number of hydrogen-bond donors (Lipinski definition) is 0. The standard InChI is InChI=1S/C13H14BrNS/c1-13(2,3)10-6-7-15-8-9(10)11-4-5-12(14)16-11/h4-8H,1-3H3. The molecule has 3 heteroatoms. The molecule has 0 radical (unpaired) electrons. The quantitative estimate of drug-likeness (QED) is 0.731. The molecule has 0 aliphatic carbocycles. The van der Waals surface area contributed by atoms with Gasteiger partial charge in [-0.05, 0) is 45.1 Å². The molecule has 84 valence electrons. The molecule has 0 bridgehead atoms. The van der Waals surface area contributed by atoms with Crippen LogP contribution in [0.2, 0.25) is 0 Å². The Bertz CT molecular complexity index is 497. The lowest BCUT2D eigenvalue weighted by Crippen LogP contribution is -2.12. The van der Waals surface area contributed by atoms with Crippen LogP contribution in [0.4, 0.5) is 0 Å². The minimum absolute atomic E-state index is 0.148. The zero-order valence-corrected chi connectivity index (χ0v) is 12.0. The van der Waals surface area contributed by atoms with Gasteiger partial charge in [0.2, 0.25) is 0 Å². The Balaban J connectivity index is 2.57. The maximum absolute atomic E-state index is 4.24. The van der Waals surface area contributed by atoms with Gasteiger partial charge in [-0.25, -0.2) is 0 Å². The molecule has 0 saturated heterocycles. The fraction of sp³-hybridized carbons (Fsp3) is 0.308. The average molecular weight is 296 g/mol. The zero-order chi connectivity index (χ0) is 11.8. The summed E-state index contributed by atoms with van der Waals surface area (Å²) < 4.78 is 1.16. The van der Waals surface area contributed by atoms with Crippen molar-refractivity contribution in [3.05, 3.63) is 39.9 Å². The molecule has 0 spiro atoms. The Morgan fingerprint density at radius 2 is 1.94 bits per heavy atom. The third-order valence-corrected chi connectivity index (χ3v) is 4.12. The van der Waals surface area contributed by atoms with Gasteiger partial charge in [-0.1, -0.05) is 20.8 Å². The summed E-state index contributed by atoms with van der Waals surface area (Å²) in [5.41, 5.74) is 2.73. The SMILES string of the molecule is CC(C)(C)c1ccncc1-c1ccc(Br)s1. The first-order chi connectivity index (χ1) is 7.48. The summed E-state index contributed by atoms with van der Waals surface area (Å²) in [7, 11) is 0. The molecule has 2 aromatic rings. The fourth-order valence-electron chi connectivity index (χ4n) is 1.70. The van der Waals surface area contributed by atoms with E-state index in [1.54, 1.807) is 11.3 Å². The van der Waals surface area contributed by atoms with Gasteiger partial charge in [-0.3, -0.25) is 4.98 Å². The molecule has 0 amide bonds. The van der Waals surface area contributed by atoms with E-state index < -0.39 is 0 Å². The summed E-state index contributed by atoms with van der Waals surface area (Å²) in [4.78, 5) is 5.50. The lowest BCUT2D eigenvalue weighted by molar-refractivity contribution is 0.591. The molecule has 2 rings (SSSR count). The summed E-state index contributed by atoms with van der Waals surface area (Å²) in [5, 5.41) is 0. The van der Waals surface area contributed by atoms with Crippen LogP contribution in [0.15, 0.2) is 34.4 Å². The number of aromatic nitrogens is 1. The van der Waals surface area contributed by atoms with Crippen LogP contribution in [0.25, 0.3) is 10.4 Å². The van der Waals surface area contributed by atoms with Gasteiger partial charge >= 0.3 is 0 Å². The number of hydrogen-bond acceptors (Lipinski definition) is 2. The number of rotatable bonds is 1. The van der Waals surface area contributed by atoms with Crippen LogP contribution in [0, 0.1) is 0 Å². The van der Waals surface area contributed by atoms with Crippen molar-refractivity contribution in [1.29, 1.82) is 0 Å². The Hall–Kier alpha value is -0.670. The van der Waals surface area contributed by atoms with Crippen LogP contribution in [-0.4, -0.2) is 4.98 Å². The van der Waals surface area contributed by atoms with Crippen molar-refractivity contribution in [1.82, 2.24) is 4.98 Å². The van der Waals surface area contributed by atoms with Crippen LogP contribution >= 0.6 is 27.3 Å². The normalized spacial score (nSPS) is 11.8. The molecule has 1 nitrogen and oxygen atoms in total. The van der Waals surface area contributed by atoms with E-state index in [1.807, 2.05) is 12.4 Å². The summed E-state index contributed by atoms with van der Waals surface area (Å²) in [6.45, 7) is 6.69. The van der Waals surface area contributed by atoms with Crippen molar-refractivity contribution >= 4 is 27.3 Å². The van der Waals surface area contributed by atoms with Crippen LogP contribution in [0.1, 0.15) is 26.3 Å². The zero-order valence-electron chi connectivity index (χ0n) is 9.62. The highest BCUT2D eigenvalue weighted by molar-refractivity contribution is 9.11. The average Bonchev–Trinajstić information content (AvgIpc) is 2.64. The number of pyridine rings is 1. The third kappa shape index (κ3) is 2.36. The Kier molecular flexibility index (Phi) is 3.17. The summed E-state index contributed by atoms with van der Waals surface area (Å²) >= 11 is 5.25. The second-order valence-electron chi connectivity index (χ2n) is 4.78. The minimum atomic E-state index is 0.148. The van der Waals surface area contributed by atoms with Crippen molar-refractivity contribution in [2.45, 2.75) is 26.2 Å². The Morgan fingerprint density at radius 3 is 2.50 bits per heavy atom. The molecule has 0 saturated carbocycles. The second-order valence-corrected chi connectivity index (χ2v) is 7.24. The van der Waals surface area contributed by atoms with Gasteiger partial charge in [0.15, 0.2) is 0 Å². The maximum atomic E-state index is 4.24. The van der Waals surface area contributed by atoms with Crippen molar-refractivity contribution in [3.8, 4) is 10.4 Å². The molecule has 2 heterocycles. The summed E-state index contributed by atoms with van der Waals surface area (Å²) in [6, 6.07) is 6.34. The molecule has 0 aliphatic heterocycles. The van der Waals surface area contributed by atoms with Gasteiger partial charge in [-0.2, -0.15) is 0 Å². The van der Waals surface area contributed by atoms with Gasteiger partial charge in [0.1, 0.15) is 0 Å².